The Morgan fingerprint density at radius 3 is 2.47 bits per heavy atom. The number of hydrogen-bond acceptors (Lipinski definition) is 3. The molecule has 3 nitrogen and oxygen atoms in total. The van der Waals surface area contributed by atoms with Gasteiger partial charge in [0, 0.05) is 5.69 Å². The molecule has 0 saturated carbocycles. The van der Waals surface area contributed by atoms with Crippen LogP contribution in [-0.4, -0.2) is 17.3 Å². The number of pyridine rings is 1. The monoisotopic (exact) mass is 206 g/mol. The fourth-order valence-corrected chi connectivity index (χ4v) is 1.44. The fourth-order valence-electron chi connectivity index (χ4n) is 1.44. The molecule has 0 radical (unpaired) electrons. The third kappa shape index (κ3) is 3.35. The van der Waals surface area contributed by atoms with E-state index in [1.165, 1.54) is 0 Å². The van der Waals surface area contributed by atoms with Gasteiger partial charge in [-0.05, 0) is 37.5 Å². The van der Waals surface area contributed by atoms with E-state index in [0.717, 1.165) is 23.4 Å². The molecule has 0 spiro atoms. The molecular weight excluding hydrogens is 188 g/mol. The maximum atomic E-state index is 10.8. The van der Waals surface area contributed by atoms with Crippen molar-refractivity contribution >= 4 is 12.1 Å². The molecule has 1 aromatic heterocycles. The van der Waals surface area contributed by atoms with Gasteiger partial charge in [0.15, 0.2) is 0 Å². The zero-order valence-corrected chi connectivity index (χ0v) is 9.74. The first-order chi connectivity index (χ1) is 7.02. The summed E-state index contributed by atoms with van der Waals surface area (Å²) in [5.41, 5.74) is 2.12. The van der Waals surface area contributed by atoms with Gasteiger partial charge in [0.1, 0.15) is 12.1 Å². The molecule has 3 heteroatoms. The molecular formula is C12H18N2O. The smallest absolute Gasteiger partial charge is 0.142 e. The standard InChI is InChI=1S/C12H18N2O/c1-8(2)11(7-15)14-12-6-9(3)5-10(4)13-12/h5-8,11H,1-4H3,(H,13,14). The van der Waals surface area contributed by atoms with Crippen LogP contribution in [0.2, 0.25) is 0 Å². The van der Waals surface area contributed by atoms with E-state index >= 15 is 0 Å². The van der Waals surface area contributed by atoms with Crippen LogP contribution in [-0.2, 0) is 4.79 Å². The SMILES string of the molecule is Cc1cc(C)nc(NC(C=O)C(C)C)c1. The van der Waals surface area contributed by atoms with Gasteiger partial charge in [0.25, 0.3) is 0 Å². The van der Waals surface area contributed by atoms with E-state index < -0.39 is 0 Å². The van der Waals surface area contributed by atoms with Crippen LogP contribution < -0.4 is 5.32 Å². The highest BCUT2D eigenvalue weighted by molar-refractivity contribution is 5.63. The van der Waals surface area contributed by atoms with Gasteiger partial charge >= 0.3 is 0 Å². The molecule has 1 rings (SSSR count). The third-order valence-corrected chi connectivity index (χ3v) is 2.28. The quantitative estimate of drug-likeness (QED) is 0.769. The lowest BCUT2D eigenvalue weighted by Crippen LogP contribution is -2.27. The average molecular weight is 206 g/mol. The largest absolute Gasteiger partial charge is 0.360 e. The summed E-state index contributed by atoms with van der Waals surface area (Å²) in [6.45, 7) is 7.98. The Kier molecular flexibility index (Phi) is 3.83. The molecule has 1 atom stereocenters. The van der Waals surface area contributed by atoms with Crippen molar-refractivity contribution in [2.75, 3.05) is 5.32 Å². The minimum Gasteiger partial charge on any atom is -0.360 e. The van der Waals surface area contributed by atoms with E-state index in [9.17, 15) is 4.79 Å². The van der Waals surface area contributed by atoms with Gasteiger partial charge in [-0.2, -0.15) is 0 Å². The van der Waals surface area contributed by atoms with Crippen LogP contribution in [0.5, 0.6) is 0 Å². The molecule has 0 aliphatic carbocycles. The van der Waals surface area contributed by atoms with E-state index in [2.05, 4.69) is 10.3 Å². The zero-order valence-electron chi connectivity index (χ0n) is 9.74. The van der Waals surface area contributed by atoms with Gasteiger partial charge in [-0.15, -0.1) is 0 Å². The van der Waals surface area contributed by atoms with E-state index in [0.29, 0.717) is 0 Å². The normalized spacial score (nSPS) is 12.6. The van der Waals surface area contributed by atoms with Gasteiger partial charge in [-0.25, -0.2) is 4.98 Å². The van der Waals surface area contributed by atoms with Gasteiger partial charge in [-0.3, -0.25) is 0 Å². The van der Waals surface area contributed by atoms with Gasteiger partial charge in [0.2, 0.25) is 0 Å². The average Bonchev–Trinajstić information content (AvgIpc) is 2.12. The number of rotatable bonds is 4. The molecule has 0 amide bonds. The molecule has 0 aromatic carbocycles. The van der Waals surface area contributed by atoms with Crippen molar-refractivity contribution in [3.05, 3.63) is 23.4 Å². The zero-order chi connectivity index (χ0) is 11.4. The summed E-state index contributed by atoms with van der Waals surface area (Å²) in [7, 11) is 0. The van der Waals surface area contributed by atoms with Crippen LogP contribution in [0.25, 0.3) is 0 Å². The Morgan fingerprint density at radius 1 is 1.33 bits per heavy atom. The van der Waals surface area contributed by atoms with Gasteiger partial charge in [-0.1, -0.05) is 13.8 Å². The minimum atomic E-state index is -0.168. The molecule has 1 aromatic rings. The number of aryl methyl sites for hydroxylation is 2. The molecule has 1 unspecified atom stereocenters. The second kappa shape index (κ2) is 4.91. The predicted molar refractivity (Wildman–Crippen MR) is 62.0 cm³/mol. The molecule has 0 aliphatic heterocycles. The van der Waals surface area contributed by atoms with Crippen LogP contribution in [0.1, 0.15) is 25.1 Å². The highest BCUT2D eigenvalue weighted by Crippen LogP contribution is 2.12. The maximum Gasteiger partial charge on any atom is 0.142 e. The Balaban J connectivity index is 2.83. The number of hydrogen-bond donors (Lipinski definition) is 1. The van der Waals surface area contributed by atoms with Crippen molar-refractivity contribution in [1.82, 2.24) is 4.98 Å². The molecule has 0 aliphatic rings. The van der Waals surface area contributed by atoms with Gasteiger partial charge < -0.3 is 10.1 Å². The lowest BCUT2D eigenvalue weighted by Gasteiger charge is -2.17. The van der Waals surface area contributed by atoms with Crippen molar-refractivity contribution < 1.29 is 4.79 Å². The Bertz CT molecular complexity index is 327. The van der Waals surface area contributed by atoms with Crippen molar-refractivity contribution in [2.45, 2.75) is 33.7 Å². The summed E-state index contributed by atoms with van der Waals surface area (Å²) in [4.78, 5) is 15.2. The molecule has 0 fully saturated rings. The summed E-state index contributed by atoms with van der Waals surface area (Å²) >= 11 is 0. The van der Waals surface area contributed by atoms with Crippen molar-refractivity contribution in [2.24, 2.45) is 5.92 Å². The summed E-state index contributed by atoms with van der Waals surface area (Å²) in [6.07, 6.45) is 0.935. The van der Waals surface area contributed by atoms with Crippen molar-refractivity contribution in [3.8, 4) is 0 Å². The summed E-state index contributed by atoms with van der Waals surface area (Å²) in [5, 5.41) is 3.13. The molecule has 1 heterocycles. The highest BCUT2D eigenvalue weighted by Gasteiger charge is 2.12. The molecule has 15 heavy (non-hydrogen) atoms. The maximum absolute atomic E-state index is 10.8. The number of aldehydes is 1. The molecule has 0 saturated heterocycles. The fraction of sp³-hybridized carbons (Fsp3) is 0.500. The third-order valence-electron chi connectivity index (χ3n) is 2.28. The molecule has 1 N–H and O–H groups in total. The number of carbonyl (C=O) groups excluding carboxylic acids is 1. The molecule has 82 valence electrons. The van der Waals surface area contributed by atoms with E-state index in [1.54, 1.807) is 0 Å². The number of anilines is 1. The summed E-state index contributed by atoms with van der Waals surface area (Å²) < 4.78 is 0. The second-order valence-electron chi connectivity index (χ2n) is 4.22. The first kappa shape index (κ1) is 11.7. The van der Waals surface area contributed by atoms with Crippen LogP contribution in [0.15, 0.2) is 12.1 Å². The van der Waals surface area contributed by atoms with Crippen LogP contribution >= 0.6 is 0 Å². The summed E-state index contributed by atoms with van der Waals surface area (Å²) in [5.74, 6) is 1.04. The predicted octanol–water partition coefficient (Wildman–Crippen LogP) is 2.33. The van der Waals surface area contributed by atoms with Gasteiger partial charge in [0.05, 0.1) is 6.04 Å². The van der Waals surface area contributed by atoms with E-state index in [4.69, 9.17) is 0 Å². The van der Waals surface area contributed by atoms with E-state index in [1.807, 2.05) is 39.8 Å². The Hall–Kier alpha value is -1.38. The number of aromatic nitrogens is 1. The second-order valence-corrected chi connectivity index (χ2v) is 4.22. The lowest BCUT2D eigenvalue weighted by atomic mass is 10.1. The number of nitrogens with zero attached hydrogens (tertiary/aromatic N) is 1. The minimum absolute atomic E-state index is 0.168. The van der Waals surface area contributed by atoms with Crippen LogP contribution in [0.4, 0.5) is 5.82 Å². The Morgan fingerprint density at radius 2 is 2.00 bits per heavy atom. The topological polar surface area (TPSA) is 42.0 Å². The first-order valence-electron chi connectivity index (χ1n) is 5.20. The van der Waals surface area contributed by atoms with Crippen molar-refractivity contribution in [3.63, 3.8) is 0 Å². The number of nitrogens with one attached hydrogen (secondary N) is 1. The van der Waals surface area contributed by atoms with E-state index in [-0.39, 0.29) is 12.0 Å². The highest BCUT2D eigenvalue weighted by atomic mass is 16.1. The van der Waals surface area contributed by atoms with Crippen molar-refractivity contribution in [1.29, 1.82) is 0 Å². The summed E-state index contributed by atoms with van der Waals surface area (Å²) in [6, 6.07) is 3.79. The number of carbonyl (C=O) groups is 1. The van der Waals surface area contributed by atoms with Crippen LogP contribution in [0.3, 0.4) is 0 Å². The first-order valence-corrected chi connectivity index (χ1v) is 5.20. The Labute approximate surface area is 90.9 Å². The lowest BCUT2D eigenvalue weighted by molar-refractivity contribution is -0.109. The van der Waals surface area contributed by atoms with Crippen LogP contribution in [0, 0.1) is 19.8 Å². The molecule has 0 bridgehead atoms.